The molecule has 2 aliphatic rings. The Balaban J connectivity index is 1.61. The van der Waals surface area contributed by atoms with E-state index in [0.717, 1.165) is 23.8 Å². The topological polar surface area (TPSA) is 41.6 Å². The number of hydrogen-bond acceptors (Lipinski definition) is 5. The number of rotatable bonds is 10. The number of nitrogens with zero attached hydrogens (tertiary/aromatic N) is 1. The first-order chi connectivity index (χ1) is 10.9. The Morgan fingerprint density at radius 1 is 1.35 bits per heavy atom. The van der Waals surface area contributed by atoms with Gasteiger partial charge in [-0.15, -0.1) is 0 Å². The number of allylic oxidation sites excluding steroid dienone is 3. The quantitative estimate of drug-likeness (QED) is 0.481. The Morgan fingerprint density at radius 3 is 2.78 bits per heavy atom. The Kier molecular flexibility index (Phi) is 6.92. The minimum atomic E-state index is -0.833. The van der Waals surface area contributed by atoms with Crippen molar-refractivity contribution in [3.05, 3.63) is 24.0 Å². The molecule has 23 heavy (non-hydrogen) atoms. The highest BCUT2D eigenvalue weighted by molar-refractivity contribution is 8.76. The molecule has 0 aromatic rings. The Morgan fingerprint density at radius 2 is 2.09 bits per heavy atom. The summed E-state index contributed by atoms with van der Waals surface area (Å²) >= 11 is 0. The second-order valence-electron chi connectivity index (χ2n) is 6.81. The van der Waals surface area contributed by atoms with Crippen LogP contribution in [-0.2, 0) is 9.53 Å². The lowest BCUT2D eigenvalue weighted by molar-refractivity contribution is -0.137. The van der Waals surface area contributed by atoms with E-state index in [0.29, 0.717) is 18.4 Å². The lowest BCUT2D eigenvalue weighted by Crippen LogP contribution is -2.44. The van der Waals surface area contributed by atoms with Crippen LogP contribution in [0.3, 0.4) is 0 Å². The summed E-state index contributed by atoms with van der Waals surface area (Å²) in [5.41, 5.74) is -0.833. The normalized spacial score (nSPS) is 22.6. The fraction of sp³-hybridized carbons (Fsp3) is 0.706. The first kappa shape index (κ1) is 18.7. The molecule has 1 amide bonds. The number of fused-ring (bicyclic) bond motifs is 1. The molecule has 2 rings (SSSR count). The lowest BCUT2D eigenvalue weighted by Gasteiger charge is -2.26. The molecule has 130 valence electrons. The van der Waals surface area contributed by atoms with E-state index in [1.165, 1.54) is 6.42 Å². The van der Waals surface area contributed by atoms with E-state index in [2.05, 4.69) is 36.5 Å². The number of ether oxygens (including phenoxy) is 1. The van der Waals surface area contributed by atoms with E-state index in [-0.39, 0.29) is 5.91 Å². The first-order valence-electron chi connectivity index (χ1n) is 8.15. The third-order valence-corrected chi connectivity index (χ3v) is 6.26. The van der Waals surface area contributed by atoms with Crippen LogP contribution in [0.15, 0.2) is 24.0 Å². The predicted octanol–water partition coefficient (Wildman–Crippen LogP) is 2.93. The van der Waals surface area contributed by atoms with Gasteiger partial charge in [0.25, 0.3) is 5.91 Å². The molecule has 0 bridgehead atoms. The van der Waals surface area contributed by atoms with Gasteiger partial charge in [0.1, 0.15) is 5.76 Å². The summed E-state index contributed by atoms with van der Waals surface area (Å²) in [6.07, 6.45) is 7.56. The number of carbonyl (C=O) groups excluding carboxylic acids is 1. The standard InChI is InChI=1S/C17H28N2O2S2/c1-17(2,21-15-6-5-13-11-14(13)12-15)16(20)18-7-9-22-23-10-8-19(3)4/h5-6,12-14H,7-11H2,1-4H3,(H,18,20). The van der Waals surface area contributed by atoms with E-state index in [1.807, 2.05) is 30.7 Å². The molecule has 2 aliphatic carbocycles. The fourth-order valence-electron chi connectivity index (χ4n) is 2.30. The Bertz CT molecular complexity index is 475. The lowest BCUT2D eigenvalue weighted by atomic mass is 10.1. The molecule has 6 heteroatoms. The van der Waals surface area contributed by atoms with Crippen molar-refractivity contribution >= 4 is 27.5 Å². The maximum atomic E-state index is 12.3. The number of hydrogen-bond donors (Lipinski definition) is 1. The summed E-state index contributed by atoms with van der Waals surface area (Å²) in [7, 11) is 7.80. The summed E-state index contributed by atoms with van der Waals surface area (Å²) in [5.74, 6) is 4.13. The van der Waals surface area contributed by atoms with Crippen LogP contribution in [0.2, 0.25) is 0 Å². The van der Waals surface area contributed by atoms with Gasteiger partial charge in [-0.05, 0) is 58.4 Å². The van der Waals surface area contributed by atoms with Crippen molar-refractivity contribution in [2.75, 3.05) is 38.7 Å². The summed E-state index contributed by atoms with van der Waals surface area (Å²) in [6.45, 7) is 5.41. The average molecular weight is 357 g/mol. The summed E-state index contributed by atoms with van der Waals surface area (Å²) in [4.78, 5) is 14.5. The van der Waals surface area contributed by atoms with Gasteiger partial charge in [-0.2, -0.15) is 0 Å². The van der Waals surface area contributed by atoms with E-state index in [9.17, 15) is 4.79 Å². The SMILES string of the molecule is CN(C)CCSSCCNC(=O)C(C)(C)OC1=CC2CC2C=C1. The summed E-state index contributed by atoms with van der Waals surface area (Å²) in [6, 6.07) is 0. The van der Waals surface area contributed by atoms with Crippen molar-refractivity contribution < 1.29 is 9.53 Å². The molecule has 1 saturated carbocycles. The Hall–Kier alpha value is -0.590. The van der Waals surface area contributed by atoms with Gasteiger partial charge in [0.15, 0.2) is 5.60 Å². The molecule has 0 spiro atoms. The second kappa shape index (κ2) is 8.49. The highest BCUT2D eigenvalue weighted by atomic mass is 33.1. The maximum absolute atomic E-state index is 12.3. The molecule has 1 N–H and O–H groups in total. The van der Waals surface area contributed by atoms with Crippen LogP contribution in [0.1, 0.15) is 20.3 Å². The molecule has 0 radical (unpaired) electrons. The van der Waals surface area contributed by atoms with Crippen LogP contribution in [0.5, 0.6) is 0 Å². The molecule has 0 heterocycles. The molecule has 0 saturated heterocycles. The zero-order valence-corrected chi connectivity index (χ0v) is 16.1. The highest BCUT2D eigenvalue weighted by Crippen LogP contribution is 2.44. The molecular weight excluding hydrogens is 328 g/mol. The van der Waals surface area contributed by atoms with Crippen LogP contribution in [0.25, 0.3) is 0 Å². The monoisotopic (exact) mass is 356 g/mol. The van der Waals surface area contributed by atoms with Gasteiger partial charge in [0.2, 0.25) is 0 Å². The third-order valence-electron chi connectivity index (χ3n) is 3.87. The van der Waals surface area contributed by atoms with E-state index < -0.39 is 5.60 Å². The summed E-state index contributed by atoms with van der Waals surface area (Å²) < 4.78 is 5.90. The minimum absolute atomic E-state index is 0.0522. The van der Waals surface area contributed by atoms with Crippen molar-refractivity contribution in [1.82, 2.24) is 10.2 Å². The predicted molar refractivity (Wildman–Crippen MR) is 100 cm³/mol. The summed E-state index contributed by atoms with van der Waals surface area (Å²) in [5, 5.41) is 2.97. The Labute approximate surface area is 147 Å². The first-order valence-corrected chi connectivity index (χ1v) is 10.6. The minimum Gasteiger partial charge on any atom is -0.478 e. The van der Waals surface area contributed by atoms with Crippen LogP contribution in [0, 0.1) is 11.8 Å². The van der Waals surface area contributed by atoms with Crippen LogP contribution in [0.4, 0.5) is 0 Å². The van der Waals surface area contributed by atoms with Crippen molar-refractivity contribution in [2.45, 2.75) is 25.9 Å². The smallest absolute Gasteiger partial charge is 0.263 e. The van der Waals surface area contributed by atoms with Gasteiger partial charge in [-0.1, -0.05) is 27.7 Å². The number of carbonyl (C=O) groups is 1. The zero-order chi connectivity index (χ0) is 16.9. The van der Waals surface area contributed by atoms with Crippen molar-refractivity contribution in [1.29, 1.82) is 0 Å². The van der Waals surface area contributed by atoms with E-state index in [1.54, 1.807) is 10.8 Å². The fourth-order valence-corrected chi connectivity index (χ4v) is 4.34. The highest BCUT2D eigenvalue weighted by Gasteiger charge is 2.37. The largest absolute Gasteiger partial charge is 0.478 e. The van der Waals surface area contributed by atoms with Gasteiger partial charge in [0.05, 0.1) is 0 Å². The van der Waals surface area contributed by atoms with Crippen LogP contribution in [-0.4, -0.2) is 55.1 Å². The molecule has 2 unspecified atom stereocenters. The van der Waals surface area contributed by atoms with Crippen LogP contribution < -0.4 is 5.32 Å². The van der Waals surface area contributed by atoms with Gasteiger partial charge < -0.3 is 15.0 Å². The second-order valence-corrected chi connectivity index (χ2v) is 9.51. The van der Waals surface area contributed by atoms with Crippen molar-refractivity contribution in [2.24, 2.45) is 11.8 Å². The molecule has 0 aromatic carbocycles. The molecule has 0 aromatic heterocycles. The average Bonchev–Trinajstić information content (AvgIpc) is 3.23. The molecule has 0 aliphatic heterocycles. The van der Waals surface area contributed by atoms with Gasteiger partial charge in [0, 0.05) is 24.6 Å². The van der Waals surface area contributed by atoms with Crippen molar-refractivity contribution in [3.8, 4) is 0 Å². The van der Waals surface area contributed by atoms with E-state index >= 15 is 0 Å². The molecule has 4 nitrogen and oxygen atoms in total. The molecule has 1 fully saturated rings. The number of nitrogens with one attached hydrogen (secondary N) is 1. The third kappa shape index (κ3) is 6.43. The molecule has 2 atom stereocenters. The zero-order valence-electron chi connectivity index (χ0n) is 14.5. The maximum Gasteiger partial charge on any atom is 0.263 e. The van der Waals surface area contributed by atoms with E-state index in [4.69, 9.17) is 4.74 Å². The van der Waals surface area contributed by atoms with Gasteiger partial charge in [-0.3, -0.25) is 4.79 Å². The van der Waals surface area contributed by atoms with Gasteiger partial charge in [-0.25, -0.2) is 0 Å². The van der Waals surface area contributed by atoms with Gasteiger partial charge >= 0.3 is 0 Å². The van der Waals surface area contributed by atoms with Crippen molar-refractivity contribution in [3.63, 3.8) is 0 Å². The molecular formula is C17H28N2O2S2. The number of amides is 1. The van der Waals surface area contributed by atoms with Crippen LogP contribution >= 0.6 is 21.6 Å².